The number of aliphatic hydroxyl groups is 1. The van der Waals surface area contributed by atoms with Crippen LogP contribution >= 0.6 is 0 Å². The van der Waals surface area contributed by atoms with Crippen LogP contribution in [0.25, 0.3) is 22.3 Å². The maximum absolute atomic E-state index is 13.3. The fourth-order valence-electron chi connectivity index (χ4n) is 4.85. The summed E-state index contributed by atoms with van der Waals surface area (Å²) >= 11 is 0. The van der Waals surface area contributed by atoms with Gasteiger partial charge in [-0.3, -0.25) is 4.79 Å². The van der Waals surface area contributed by atoms with Gasteiger partial charge < -0.3 is 24.5 Å². The van der Waals surface area contributed by atoms with Crippen molar-refractivity contribution in [3.8, 4) is 11.4 Å². The van der Waals surface area contributed by atoms with Crippen molar-refractivity contribution in [1.29, 1.82) is 0 Å². The molecule has 1 unspecified atom stereocenters. The molecule has 2 aliphatic rings. The largest absolute Gasteiger partial charge is 0.383 e. The molecule has 2 N–H and O–H groups in total. The van der Waals surface area contributed by atoms with E-state index in [-0.39, 0.29) is 12.2 Å². The van der Waals surface area contributed by atoms with Crippen LogP contribution in [0.3, 0.4) is 0 Å². The number of hydrogen-bond donors (Lipinski definition) is 2. The number of benzene rings is 1. The lowest BCUT2D eigenvalue weighted by Crippen LogP contribution is -2.35. The highest BCUT2D eigenvalue weighted by Gasteiger charge is 2.35. The summed E-state index contributed by atoms with van der Waals surface area (Å²) in [5.41, 5.74) is 7.01. The molecule has 0 bridgehead atoms. The Labute approximate surface area is 180 Å². The molecule has 31 heavy (non-hydrogen) atoms. The molecule has 7 heteroatoms. The highest BCUT2D eigenvalue weighted by Crippen LogP contribution is 2.39. The second-order valence-electron chi connectivity index (χ2n) is 8.51. The standard InChI is InChI=1S/C24H27N3O4/c1-5-14-15-8-13(25-12(2)3)6-7-19(15)26-21-17(14)10-27-20(21)9-16-18(23(27)28)11-31-24(29)22(16)30-4/h6-9,12,22,24-25,29H,5,10-11H2,1-4H3/t22-,24?/m0/s1. The fraction of sp³-hybridized carbons (Fsp3) is 0.417. The van der Waals surface area contributed by atoms with E-state index in [0.717, 1.165) is 40.0 Å². The van der Waals surface area contributed by atoms with Gasteiger partial charge in [0.25, 0.3) is 5.56 Å². The molecule has 2 atom stereocenters. The molecule has 0 saturated carbocycles. The quantitative estimate of drug-likeness (QED) is 0.526. The van der Waals surface area contributed by atoms with Gasteiger partial charge in [0.05, 0.1) is 30.1 Å². The average Bonchev–Trinajstić information content (AvgIpc) is 3.10. The number of ether oxygens (including phenoxy) is 2. The zero-order chi connectivity index (χ0) is 21.9. The van der Waals surface area contributed by atoms with E-state index < -0.39 is 12.4 Å². The molecule has 3 aromatic rings. The number of nitrogens with one attached hydrogen (secondary N) is 1. The first-order valence-corrected chi connectivity index (χ1v) is 10.7. The Morgan fingerprint density at radius 1 is 1.32 bits per heavy atom. The molecular formula is C24H27N3O4. The van der Waals surface area contributed by atoms with Gasteiger partial charge in [-0.05, 0) is 55.7 Å². The maximum Gasteiger partial charge on any atom is 0.257 e. The minimum atomic E-state index is -1.09. The van der Waals surface area contributed by atoms with Gasteiger partial charge in [-0.2, -0.15) is 0 Å². The van der Waals surface area contributed by atoms with E-state index in [9.17, 15) is 9.90 Å². The molecule has 0 amide bonds. The van der Waals surface area contributed by atoms with Crippen LogP contribution in [0.15, 0.2) is 29.1 Å². The van der Waals surface area contributed by atoms with Gasteiger partial charge in [-0.15, -0.1) is 0 Å². The van der Waals surface area contributed by atoms with Crippen molar-refractivity contribution >= 4 is 16.6 Å². The minimum absolute atomic E-state index is 0.0755. The molecule has 0 saturated heterocycles. The SMILES string of the molecule is CCc1c2c(nc3ccc(NC(C)C)cc13)-c1cc3c(c(=O)n1C2)COC(O)[C@H]3OC. The predicted molar refractivity (Wildman–Crippen MR) is 119 cm³/mol. The molecule has 7 nitrogen and oxygen atoms in total. The average molecular weight is 421 g/mol. The van der Waals surface area contributed by atoms with Crippen LogP contribution in [-0.4, -0.2) is 34.1 Å². The zero-order valence-corrected chi connectivity index (χ0v) is 18.2. The lowest BCUT2D eigenvalue weighted by molar-refractivity contribution is -0.190. The van der Waals surface area contributed by atoms with Crippen molar-refractivity contribution in [1.82, 2.24) is 9.55 Å². The van der Waals surface area contributed by atoms with E-state index >= 15 is 0 Å². The molecule has 4 heterocycles. The minimum Gasteiger partial charge on any atom is -0.383 e. The third-order valence-electron chi connectivity index (χ3n) is 6.22. The Kier molecular flexibility index (Phi) is 4.84. The van der Waals surface area contributed by atoms with E-state index in [0.29, 0.717) is 23.7 Å². The molecule has 0 spiro atoms. The van der Waals surface area contributed by atoms with Crippen molar-refractivity contribution < 1.29 is 14.6 Å². The molecule has 5 rings (SSSR count). The molecular weight excluding hydrogens is 394 g/mol. The first kappa shape index (κ1) is 20.2. The summed E-state index contributed by atoms with van der Waals surface area (Å²) in [4.78, 5) is 18.3. The molecule has 0 radical (unpaired) electrons. The molecule has 1 aromatic carbocycles. The summed E-state index contributed by atoms with van der Waals surface area (Å²) in [6.45, 7) is 6.94. The topological polar surface area (TPSA) is 85.6 Å². The summed E-state index contributed by atoms with van der Waals surface area (Å²) in [7, 11) is 1.51. The van der Waals surface area contributed by atoms with E-state index in [4.69, 9.17) is 14.5 Å². The summed E-state index contributed by atoms with van der Waals surface area (Å²) in [6.07, 6.45) is -0.942. The number of aryl methyl sites for hydroxylation is 1. The Morgan fingerprint density at radius 2 is 2.13 bits per heavy atom. The van der Waals surface area contributed by atoms with Gasteiger partial charge in [-0.1, -0.05) is 6.92 Å². The van der Waals surface area contributed by atoms with Crippen molar-refractivity contribution in [3.05, 3.63) is 56.9 Å². The van der Waals surface area contributed by atoms with Gasteiger partial charge in [0.1, 0.15) is 6.10 Å². The van der Waals surface area contributed by atoms with Gasteiger partial charge >= 0.3 is 0 Å². The summed E-state index contributed by atoms with van der Waals surface area (Å²) in [5.74, 6) is 0. The molecule has 162 valence electrons. The second-order valence-corrected chi connectivity index (χ2v) is 8.51. The number of aliphatic hydroxyl groups excluding tert-OH is 1. The number of rotatable bonds is 4. The molecule has 0 aliphatic carbocycles. The van der Waals surface area contributed by atoms with Crippen LogP contribution in [0.2, 0.25) is 0 Å². The maximum atomic E-state index is 13.3. The smallest absolute Gasteiger partial charge is 0.257 e. The van der Waals surface area contributed by atoms with Crippen molar-refractivity contribution in [2.75, 3.05) is 12.4 Å². The highest BCUT2D eigenvalue weighted by molar-refractivity contribution is 5.90. The molecule has 2 aromatic heterocycles. The number of aromatic nitrogens is 2. The highest BCUT2D eigenvalue weighted by atomic mass is 16.6. The number of hydrogen-bond acceptors (Lipinski definition) is 6. The lowest BCUT2D eigenvalue weighted by atomic mass is 9.97. The van der Waals surface area contributed by atoms with E-state index in [1.807, 2.05) is 18.2 Å². The number of nitrogens with zero attached hydrogens (tertiary/aromatic N) is 2. The van der Waals surface area contributed by atoms with E-state index in [1.165, 1.54) is 12.7 Å². The Balaban J connectivity index is 1.73. The van der Waals surface area contributed by atoms with Crippen LogP contribution in [0, 0.1) is 0 Å². The molecule has 2 aliphatic heterocycles. The fourth-order valence-corrected chi connectivity index (χ4v) is 4.85. The Hall–Kier alpha value is -2.74. The number of methoxy groups -OCH3 is 1. The first-order chi connectivity index (χ1) is 14.9. The van der Waals surface area contributed by atoms with Crippen LogP contribution in [0.4, 0.5) is 5.69 Å². The number of pyridine rings is 2. The Bertz CT molecular complexity index is 1250. The monoisotopic (exact) mass is 421 g/mol. The lowest BCUT2D eigenvalue weighted by Gasteiger charge is -2.29. The van der Waals surface area contributed by atoms with E-state index in [1.54, 1.807) is 4.57 Å². The van der Waals surface area contributed by atoms with Crippen LogP contribution in [0.5, 0.6) is 0 Å². The van der Waals surface area contributed by atoms with Crippen molar-refractivity contribution in [2.45, 2.75) is 58.8 Å². The Morgan fingerprint density at radius 3 is 2.84 bits per heavy atom. The molecule has 0 fully saturated rings. The first-order valence-electron chi connectivity index (χ1n) is 10.7. The second kappa shape index (κ2) is 7.44. The van der Waals surface area contributed by atoms with Crippen molar-refractivity contribution in [3.63, 3.8) is 0 Å². The van der Waals surface area contributed by atoms with Gasteiger partial charge in [0, 0.05) is 35.4 Å². The third-order valence-corrected chi connectivity index (χ3v) is 6.22. The van der Waals surface area contributed by atoms with Gasteiger partial charge in [0.15, 0.2) is 6.29 Å². The van der Waals surface area contributed by atoms with Crippen LogP contribution < -0.4 is 10.9 Å². The summed E-state index contributed by atoms with van der Waals surface area (Å²) < 4.78 is 12.6. The normalized spacial score (nSPS) is 19.4. The summed E-state index contributed by atoms with van der Waals surface area (Å²) in [6, 6.07) is 8.52. The van der Waals surface area contributed by atoms with Gasteiger partial charge in [0.2, 0.25) is 0 Å². The number of fused-ring (bicyclic) bond motifs is 5. The van der Waals surface area contributed by atoms with Crippen LogP contribution in [0.1, 0.15) is 49.1 Å². The van der Waals surface area contributed by atoms with E-state index in [2.05, 4.69) is 32.2 Å². The summed E-state index contributed by atoms with van der Waals surface area (Å²) in [5, 5.41) is 14.8. The predicted octanol–water partition coefficient (Wildman–Crippen LogP) is 3.34. The van der Waals surface area contributed by atoms with Gasteiger partial charge in [-0.25, -0.2) is 4.98 Å². The third kappa shape index (κ3) is 3.07. The van der Waals surface area contributed by atoms with Crippen molar-refractivity contribution in [2.24, 2.45) is 0 Å². The zero-order valence-electron chi connectivity index (χ0n) is 18.2. The number of anilines is 1. The van der Waals surface area contributed by atoms with Crippen LogP contribution in [-0.2, 0) is 29.0 Å².